The van der Waals surface area contributed by atoms with Crippen LogP contribution >= 0.6 is 23.1 Å². The molecule has 0 aromatic carbocycles. The minimum Gasteiger partial charge on any atom is -0.297 e. The minimum atomic E-state index is -0.492. The molecule has 0 bridgehead atoms. The molecule has 2 heterocycles. The Kier molecular flexibility index (Phi) is 1.97. The lowest BCUT2D eigenvalue weighted by molar-refractivity contribution is 1.07. The van der Waals surface area contributed by atoms with E-state index in [1.165, 1.54) is 23.1 Å². The predicted molar refractivity (Wildman–Crippen MR) is 52.6 cm³/mol. The van der Waals surface area contributed by atoms with E-state index in [0.717, 1.165) is 4.34 Å². The Morgan fingerprint density at radius 1 is 1.38 bits per heavy atom. The molecule has 0 aliphatic rings. The molecule has 0 unspecified atom stereocenters. The summed E-state index contributed by atoms with van der Waals surface area (Å²) < 4.78 is 0.766. The zero-order valence-corrected chi connectivity index (χ0v) is 8.21. The molecule has 0 spiro atoms. The largest absolute Gasteiger partial charge is 0.326 e. The Bertz CT molecular complexity index is 553. The van der Waals surface area contributed by atoms with E-state index in [1.54, 1.807) is 0 Å². The Morgan fingerprint density at radius 2 is 2.15 bits per heavy atom. The van der Waals surface area contributed by atoms with Crippen molar-refractivity contribution in [3.8, 4) is 0 Å². The zero-order valence-electron chi connectivity index (χ0n) is 6.58. The summed E-state index contributed by atoms with van der Waals surface area (Å²) in [6.07, 6.45) is 1.87. The van der Waals surface area contributed by atoms with Gasteiger partial charge in [-0.3, -0.25) is 14.8 Å². The molecule has 7 heteroatoms. The second kappa shape index (κ2) is 3.00. The minimum absolute atomic E-state index is 0.300. The Labute approximate surface area is 80.2 Å². The Balaban J connectivity index is 2.91. The number of nitrogens with one attached hydrogen (secondary N) is 2. The second-order valence-corrected chi connectivity index (χ2v) is 4.32. The zero-order chi connectivity index (χ0) is 9.42. The van der Waals surface area contributed by atoms with Crippen molar-refractivity contribution in [3.05, 3.63) is 20.8 Å². The standard InChI is InChI=1S/C6H5N3O2S2/c1-12-6-7-2-3(10)8-5(11)9-4(2)13-6/h1H3,(H2,8,9,10,11). The van der Waals surface area contributed by atoms with Gasteiger partial charge in [-0.2, -0.15) is 0 Å². The van der Waals surface area contributed by atoms with Crippen LogP contribution in [0.25, 0.3) is 10.3 Å². The van der Waals surface area contributed by atoms with Crippen LogP contribution in [0.15, 0.2) is 13.9 Å². The van der Waals surface area contributed by atoms with Crippen LogP contribution < -0.4 is 11.2 Å². The van der Waals surface area contributed by atoms with Crippen molar-refractivity contribution >= 4 is 33.4 Å². The molecule has 2 N–H and O–H groups in total. The number of thiazole rings is 1. The van der Waals surface area contributed by atoms with Crippen molar-refractivity contribution in [1.29, 1.82) is 0 Å². The van der Waals surface area contributed by atoms with Gasteiger partial charge in [0.2, 0.25) is 0 Å². The molecule has 0 aliphatic carbocycles. The lowest BCUT2D eigenvalue weighted by Crippen LogP contribution is -2.21. The third-order valence-electron chi connectivity index (χ3n) is 1.45. The first-order valence-electron chi connectivity index (χ1n) is 3.38. The van der Waals surface area contributed by atoms with Gasteiger partial charge < -0.3 is 0 Å². The number of fused-ring (bicyclic) bond motifs is 1. The summed E-state index contributed by atoms with van der Waals surface area (Å²) in [5.41, 5.74) is -0.627. The molecular weight excluding hydrogens is 210 g/mol. The highest BCUT2D eigenvalue weighted by Crippen LogP contribution is 2.23. The lowest BCUT2D eigenvalue weighted by atomic mass is 10.6. The van der Waals surface area contributed by atoms with Crippen LogP contribution in [-0.4, -0.2) is 21.2 Å². The molecule has 5 nitrogen and oxygen atoms in total. The summed E-state index contributed by atoms with van der Waals surface area (Å²) in [4.78, 5) is 31.3. The van der Waals surface area contributed by atoms with Gasteiger partial charge in [-0.25, -0.2) is 9.78 Å². The molecular formula is C6H5N3O2S2. The van der Waals surface area contributed by atoms with Crippen LogP contribution in [-0.2, 0) is 0 Å². The highest BCUT2D eigenvalue weighted by atomic mass is 32.2. The van der Waals surface area contributed by atoms with E-state index in [1.807, 2.05) is 6.26 Å². The maximum absolute atomic E-state index is 11.2. The smallest absolute Gasteiger partial charge is 0.297 e. The van der Waals surface area contributed by atoms with Crippen molar-refractivity contribution in [2.75, 3.05) is 6.26 Å². The molecule has 0 atom stereocenters. The van der Waals surface area contributed by atoms with Gasteiger partial charge in [-0.15, -0.1) is 0 Å². The third-order valence-corrected chi connectivity index (χ3v) is 3.41. The molecule has 0 aliphatic heterocycles. The van der Waals surface area contributed by atoms with E-state index in [4.69, 9.17) is 0 Å². The monoisotopic (exact) mass is 215 g/mol. The van der Waals surface area contributed by atoms with Crippen LogP contribution in [0.2, 0.25) is 0 Å². The number of thioether (sulfide) groups is 1. The number of aromatic nitrogens is 3. The maximum atomic E-state index is 11.2. The van der Waals surface area contributed by atoms with Gasteiger partial charge in [0.05, 0.1) is 0 Å². The van der Waals surface area contributed by atoms with Crippen LogP contribution in [0.3, 0.4) is 0 Å². The maximum Gasteiger partial charge on any atom is 0.326 e. The molecule has 13 heavy (non-hydrogen) atoms. The lowest BCUT2D eigenvalue weighted by Gasteiger charge is -1.82. The van der Waals surface area contributed by atoms with E-state index in [-0.39, 0.29) is 0 Å². The van der Waals surface area contributed by atoms with Gasteiger partial charge >= 0.3 is 5.69 Å². The number of hydrogen-bond donors (Lipinski definition) is 2. The average Bonchev–Trinajstić information content (AvgIpc) is 2.47. The van der Waals surface area contributed by atoms with Gasteiger partial charge in [-0.1, -0.05) is 23.1 Å². The van der Waals surface area contributed by atoms with E-state index in [0.29, 0.717) is 10.3 Å². The fraction of sp³-hybridized carbons (Fsp3) is 0.167. The van der Waals surface area contributed by atoms with E-state index in [9.17, 15) is 9.59 Å². The summed E-state index contributed by atoms with van der Waals surface area (Å²) in [7, 11) is 0. The van der Waals surface area contributed by atoms with Crippen LogP contribution in [0, 0.1) is 0 Å². The Hall–Kier alpha value is -1.08. The average molecular weight is 215 g/mol. The molecule has 2 aromatic heterocycles. The molecule has 0 radical (unpaired) electrons. The first kappa shape index (κ1) is 8.52. The quantitative estimate of drug-likeness (QED) is 0.675. The molecule has 0 saturated heterocycles. The van der Waals surface area contributed by atoms with Gasteiger partial charge in [0.25, 0.3) is 5.56 Å². The summed E-state index contributed by atoms with van der Waals surface area (Å²) in [6.45, 7) is 0. The van der Waals surface area contributed by atoms with Gasteiger partial charge in [-0.05, 0) is 6.26 Å². The number of H-pyrrole nitrogens is 2. The number of hydrogen-bond acceptors (Lipinski definition) is 5. The van der Waals surface area contributed by atoms with Crippen LogP contribution in [0.4, 0.5) is 0 Å². The third kappa shape index (κ3) is 1.40. The first-order chi connectivity index (χ1) is 6.20. The van der Waals surface area contributed by atoms with Crippen molar-refractivity contribution in [3.63, 3.8) is 0 Å². The van der Waals surface area contributed by atoms with Gasteiger partial charge in [0, 0.05) is 0 Å². The molecule has 2 rings (SSSR count). The summed E-state index contributed by atoms with van der Waals surface area (Å²) in [5.74, 6) is 0. The highest BCUT2D eigenvalue weighted by Gasteiger charge is 2.06. The van der Waals surface area contributed by atoms with Crippen molar-refractivity contribution in [1.82, 2.24) is 15.0 Å². The summed E-state index contributed by atoms with van der Waals surface area (Å²) in [6, 6.07) is 0. The van der Waals surface area contributed by atoms with Gasteiger partial charge in [0.15, 0.2) is 9.86 Å². The normalized spacial score (nSPS) is 10.8. The van der Waals surface area contributed by atoms with E-state index >= 15 is 0 Å². The molecule has 0 fully saturated rings. The van der Waals surface area contributed by atoms with Crippen LogP contribution in [0.5, 0.6) is 0 Å². The van der Waals surface area contributed by atoms with Crippen molar-refractivity contribution < 1.29 is 0 Å². The topological polar surface area (TPSA) is 78.6 Å². The number of aromatic amines is 2. The number of nitrogens with zero attached hydrogens (tertiary/aromatic N) is 1. The fourth-order valence-electron chi connectivity index (χ4n) is 0.923. The van der Waals surface area contributed by atoms with Crippen molar-refractivity contribution in [2.45, 2.75) is 4.34 Å². The fourth-order valence-corrected chi connectivity index (χ4v) is 2.38. The predicted octanol–water partition coefficient (Wildman–Crippen LogP) is 0.395. The summed E-state index contributed by atoms with van der Waals surface area (Å²) >= 11 is 2.74. The number of rotatable bonds is 1. The molecule has 68 valence electrons. The first-order valence-corrected chi connectivity index (χ1v) is 5.42. The van der Waals surface area contributed by atoms with Crippen LogP contribution in [0.1, 0.15) is 0 Å². The van der Waals surface area contributed by atoms with Crippen molar-refractivity contribution in [2.24, 2.45) is 0 Å². The second-order valence-electron chi connectivity index (χ2n) is 2.27. The summed E-state index contributed by atoms with van der Waals surface area (Å²) in [5, 5.41) is 0. The highest BCUT2D eigenvalue weighted by molar-refractivity contribution is 8.00. The SMILES string of the molecule is CSc1nc2c(=O)[nH]c(=O)[nH]c2s1. The Morgan fingerprint density at radius 3 is 2.85 bits per heavy atom. The van der Waals surface area contributed by atoms with E-state index < -0.39 is 11.2 Å². The molecule has 0 amide bonds. The van der Waals surface area contributed by atoms with Gasteiger partial charge in [0.1, 0.15) is 4.83 Å². The molecule has 0 saturated carbocycles. The van der Waals surface area contributed by atoms with E-state index in [2.05, 4.69) is 15.0 Å². The molecule has 2 aromatic rings.